The van der Waals surface area contributed by atoms with Gasteiger partial charge in [-0.15, -0.1) is 0 Å². The van der Waals surface area contributed by atoms with Crippen molar-refractivity contribution in [3.05, 3.63) is 60.8 Å². The van der Waals surface area contributed by atoms with E-state index >= 15 is 0 Å². The van der Waals surface area contributed by atoms with Crippen LogP contribution in [-0.2, 0) is 32.7 Å². The van der Waals surface area contributed by atoms with Crippen molar-refractivity contribution in [1.82, 2.24) is 0 Å². The van der Waals surface area contributed by atoms with E-state index in [4.69, 9.17) is 18.5 Å². The van der Waals surface area contributed by atoms with Gasteiger partial charge in [0.05, 0.1) is 27.7 Å². The van der Waals surface area contributed by atoms with Gasteiger partial charge in [-0.05, 0) is 77.0 Å². The Bertz CT molecular complexity index is 1110. The monoisotopic (exact) mass is 780 g/mol. The molecule has 9 nitrogen and oxygen atoms in total. The van der Waals surface area contributed by atoms with Gasteiger partial charge in [0.1, 0.15) is 19.8 Å². The molecule has 0 fully saturated rings. The molecule has 0 saturated carbocycles. The third kappa shape index (κ3) is 39.4. The quantitative estimate of drug-likeness (QED) is 0.0201. The maximum absolute atomic E-state index is 12.6. The van der Waals surface area contributed by atoms with Crippen LogP contribution in [0.2, 0.25) is 0 Å². The van der Waals surface area contributed by atoms with E-state index in [1.165, 1.54) is 51.4 Å². The maximum atomic E-state index is 12.6. The summed E-state index contributed by atoms with van der Waals surface area (Å²) in [4.78, 5) is 37.4. The third-order valence-electron chi connectivity index (χ3n) is 8.51. The number of quaternary nitrogens is 1. The molecule has 0 spiro atoms. The molecule has 0 N–H and O–H groups in total. The van der Waals surface area contributed by atoms with E-state index in [-0.39, 0.29) is 26.1 Å². The van der Waals surface area contributed by atoms with Gasteiger partial charge in [-0.3, -0.25) is 14.2 Å². The van der Waals surface area contributed by atoms with Crippen molar-refractivity contribution in [2.24, 2.45) is 0 Å². The number of nitrogens with zero attached hydrogens (tertiary/aromatic N) is 1. The van der Waals surface area contributed by atoms with E-state index in [0.717, 1.165) is 64.2 Å². The molecule has 0 rings (SSSR count). The summed E-state index contributed by atoms with van der Waals surface area (Å²) in [6.45, 7) is 4.09. The number of hydrogen-bond donors (Lipinski definition) is 0. The average molecular weight is 780 g/mol. The second-order valence-electron chi connectivity index (χ2n) is 15.0. The number of unbranched alkanes of at least 4 members (excludes halogenated alkanes) is 13. The summed E-state index contributed by atoms with van der Waals surface area (Å²) in [5.74, 6) is -0.916. The molecule has 1 unspecified atom stereocenters. The topological polar surface area (TPSA) is 111 Å². The van der Waals surface area contributed by atoms with Crippen molar-refractivity contribution in [2.75, 3.05) is 47.5 Å². The Labute approximate surface area is 330 Å². The van der Waals surface area contributed by atoms with Crippen LogP contribution >= 0.6 is 7.82 Å². The Morgan fingerprint density at radius 1 is 0.574 bits per heavy atom. The number of phosphoric ester groups is 1. The number of hydrogen-bond acceptors (Lipinski definition) is 8. The Kier molecular flexibility index (Phi) is 34.8. The van der Waals surface area contributed by atoms with Crippen LogP contribution in [0.1, 0.15) is 155 Å². The Morgan fingerprint density at radius 3 is 1.59 bits per heavy atom. The lowest BCUT2D eigenvalue weighted by Crippen LogP contribution is -2.37. The fourth-order valence-corrected chi connectivity index (χ4v) is 5.90. The zero-order chi connectivity index (χ0) is 40.0. The summed E-state index contributed by atoms with van der Waals surface area (Å²) in [5.41, 5.74) is 0. The SMILES string of the molecule is CCCCC/C=C\C/C=C\C/C=C\C/C=C\CCCC(=O)OC[C@H](COP(=O)([O-])OCC[N+](C)(C)C)OC(=O)CCCCCCC/C=C\CCCCCC. The third-order valence-corrected chi connectivity index (χ3v) is 9.47. The molecule has 0 aliphatic rings. The highest BCUT2D eigenvalue weighted by Gasteiger charge is 2.21. The molecule has 0 aromatic rings. The van der Waals surface area contributed by atoms with Crippen LogP contribution in [-0.4, -0.2) is 70.0 Å². The average Bonchev–Trinajstić information content (AvgIpc) is 3.12. The van der Waals surface area contributed by atoms with Crippen molar-refractivity contribution in [3.63, 3.8) is 0 Å². The number of allylic oxidation sites excluding steroid dienone is 10. The Balaban J connectivity index is 4.50. The molecular formula is C44H78NO8P. The van der Waals surface area contributed by atoms with Crippen LogP contribution < -0.4 is 4.89 Å². The Hall–Kier alpha value is -2.29. The van der Waals surface area contributed by atoms with E-state index in [9.17, 15) is 19.0 Å². The molecule has 0 saturated heterocycles. The van der Waals surface area contributed by atoms with Crippen LogP contribution in [0.4, 0.5) is 0 Å². The molecule has 0 aromatic carbocycles. The van der Waals surface area contributed by atoms with Crippen molar-refractivity contribution in [1.29, 1.82) is 0 Å². The van der Waals surface area contributed by atoms with Crippen molar-refractivity contribution >= 4 is 19.8 Å². The van der Waals surface area contributed by atoms with E-state index in [0.29, 0.717) is 23.9 Å². The van der Waals surface area contributed by atoms with Gasteiger partial charge in [0.15, 0.2) is 6.10 Å². The lowest BCUT2D eigenvalue weighted by molar-refractivity contribution is -0.870. The molecule has 54 heavy (non-hydrogen) atoms. The first-order chi connectivity index (χ1) is 26.0. The van der Waals surface area contributed by atoms with Gasteiger partial charge in [0.2, 0.25) is 0 Å². The van der Waals surface area contributed by atoms with Crippen LogP contribution in [0.3, 0.4) is 0 Å². The summed E-state index contributed by atoms with van der Waals surface area (Å²) in [7, 11) is 1.12. The minimum atomic E-state index is -4.64. The fourth-order valence-electron chi connectivity index (χ4n) is 5.17. The smallest absolute Gasteiger partial charge is 0.306 e. The van der Waals surface area contributed by atoms with Gasteiger partial charge in [-0.1, -0.05) is 126 Å². The standard InChI is InChI=1S/C44H78NO8P/c1-6-8-10-12-14-16-18-20-21-22-23-25-26-28-30-32-34-36-43(46)50-40-42(41-52-54(48,49)51-39-38-45(3,4)5)53-44(47)37-35-33-31-29-27-24-19-17-15-13-11-9-7-2/h14,16-17,19-21,23,25,28,30,42H,6-13,15,18,22,24,26-27,29,31-41H2,1-5H3/b16-14-,19-17-,21-20-,25-23-,30-28-/t42-/m1/s1. The van der Waals surface area contributed by atoms with Crippen molar-refractivity contribution in [2.45, 2.75) is 161 Å². The number of phosphoric acid groups is 1. The van der Waals surface area contributed by atoms with Gasteiger partial charge in [-0.25, -0.2) is 0 Å². The second kappa shape index (κ2) is 36.4. The van der Waals surface area contributed by atoms with Crippen LogP contribution in [0.5, 0.6) is 0 Å². The van der Waals surface area contributed by atoms with Crippen LogP contribution in [0, 0.1) is 0 Å². The zero-order valence-electron chi connectivity index (χ0n) is 34.9. The molecule has 312 valence electrons. The van der Waals surface area contributed by atoms with E-state index in [1.54, 1.807) is 0 Å². The Morgan fingerprint density at radius 2 is 1.02 bits per heavy atom. The molecule has 0 aliphatic carbocycles. The first kappa shape index (κ1) is 51.7. The van der Waals surface area contributed by atoms with Crippen molar-refractivity contribution in [3.8, 4) is 0 Å². The summed E-state index contributed by atoms with van der Waals surface area (Å²) in [5, 5.41) is 0. The lowest BCUT2D eigenvalue weighted by atomic mass is 10.1. The van der Waals surface area contributed by atoms with Crippen molar-refractivity contribution < 1.29 is 42.1 Å². The molecule has 0 radical (unpaired) electrons. The lowest BCUT2D eigenvalue weighted by Gasteiger charge is -2.28. The highest BCUT2D eigenvalue weighted by Crippen LogP contribution is 2.38. The van der Waals surface area contributed by atoms with Crippen LogP contribution in [0.15, 0.2) is 60.8 Å². The number of carbonyl (C=O) groups is 2. The molecule has 10 heteroatoms. The van der Waals surface area contributed by atoms with Gasteiger partial charge in [0.25, 0.3) is 7.82 Å². The molecule has 0 amide bonds. The zero-order valence-corrected chi connectivity index (χ0v) is 35.8. The number of likely N-dealkylation sites (N-methyl/N-ethyl adjacent to an activating group) is 1. The summed E-state index contributed by atoms with van der Waals surface area (Å²) in [6.07, 6.45) is 42.5. The molecule has 0 aromatic heterocycles. The van der Waals surface area contributed by atoms with Gasteiger partial charge < -0.3 is 27.9 Å². The predicted octanol–water partition coefficient (Wildman–Crippen LogP) is 11.1. The molecular weight excluding hydrogens is 701 g/mol. The van der Waals surface area contributed by atoms with Gasteiger partial charge >= 0.3 is 11.9 Å². The summed E-state index contributed by atoms with van der Waals surface area (Å²) in [6, 6.07) is 0. The molecule has 2 atom stereocenters. The highest BCUT2D eigenvalue weighted by molar-refractivity contribution is 7.45. The van der Waals surface area contributed by atoms with E-state index in [2.05, 4.69) is 68.5 Å². The summed E-state index contributed by atoms with van der Waals surface area (Å²) < 4.78 is 33.8. The molecule has 0 aliphatic heterocycles. The van der Waals surface area contributed by atoms with Crippen LogP contribution in [0.25, 0.3) is 0 Å². The molecule has 0 bridgehead atoms. The second-order valence-corrected chi connectivity index (χ2v) is 16.4. The number of esters is 2. The van der Waals surface area contributed by atoms with E-state index in [1.807, 2.05) is 27.2 Å². The van der Waals surface area contributed by atoms with Gasteiger partial charge in [0, 0.05) is 12.8 Å². The number of rotatable bonds is 37. The maximum Gasteiger partial charge on any atom is 0.306 e. The summed E-state index contributed by atoms with van der Waals surface area (Å²) >= 11 is 0. The highest BCUT2D eigenvalue weighted by atomic mass is 31.2. The predicted molar refractivity (Wildman–Crippen MR) is 222 cm³/mol. The number of ether oxygens (including phenoxy) is 2. The first-order valence-corrected chi connectivity index (χ1v) is 22.5. The van der Waals surface area contributed by atoms with Gasteiger partial charge in [-0.2, -0.15) is 0 Å². The number of carbonyl (C=O) groups excluding carboxylic acids is 2. The first-order valence-electron chi connectivity index (χ1n) is 21.0. The fraction of sp³-hybridized carbons (Fsp3) is 0.727. The van der Waals surface area contributed by atoms with E-state index < -0.39 is 32.5 Å². The minimum Gasteiger partial charge on any atom is -0.756 e. The largest absolute Gasteiger partial charge is 0.756 e. The minimum absolute atomic E-state index is 0.0432. The normalized spacial score (nSPS) is 14.3. The molecule has 0 heterocycles.